The van der Waals surface area contributed by atoms with Crippen LogP contribution in [0.15, 0.2) is 18.5 Å². The lowest BCUT2D eigenvalue weighted by Crippen LogP contribution is -2.37. The van der Waals surface area contributed by atoms with Crippen molar-refractivity contribution in [2.24, 2.45) is 0 Å². The average molecular weight is 422 g/mol. The highest BCUT2D eigenvalue weighted by molar-refractivity contribution is 7.17. The van der Waals surface area contributed by atoms with Crippen LogP contribution < -0.4 is 4.90 Å². The first-order valence-corrected chi connectivity index (χ1v) is 8.74. The van der Waals surface area contributed by atoms with Gasteiger partial charge in [-0.25, -0.2) is 14.7 Å². The van der Waals surface area contributed by atoms with Crippen LogP contribution >= 0.6 is 22.9 Å². The van der Waals surface area contributed by atoms with E-state index in [1.807, 2.05) is 0 Å². The third kappa shape index (κ3) is 5.39. The number of hydrogen-bond acceptors (Lipinski definition) is 6. The molecule has 6 nitrogen and oxygen atoms in total. The predicted molar refractivity (Wildman–Crippen MR) is 94.2 cm³/mol. The van der Waals surface area contributed by atoms with Crippen molar-refractivity contribution in [1.82, 2.24) is 9.97 Å². The number of ether oxygens (including phenoxy) is 1. The standard InChI is InChI=1S/C16H15ClF3N3O3S/c1-15(2,3)26-14(25)23(13-22-12(17)11(8-24)27-13)7-9-6-21-5-4-10(9)16(18,19)20/h4-6,8H,7H2,1-3H3. The quantitative estimate of drug-likeness (QED) is 0.652. The minimum absolute atomic E-state index is 0.0439. The summed E-state index contributed by atoms with van der Waals surface area (Å²) in [5.74, 6) is 0. The Morgan fingerprint density at radius 3 is 2.56 bits per heavy atom. The number of thiazole rings is 1. The Kier molecular flexibility index (Phi) is 6.10. The number of anilines is 1. The number of rotatable bonds is 4. The molecule has 27 heavy (non-hydrogen) atoms. The monoisotopic (exact) mass is 421 g/mol. The number of halogens is 4. The van der Waals surface area contributed by atoms with Gasteiger partial charge >= 0.3 is 12.3 Å². The molecule has 0 aliphatic rings. The van der Waals surface area contributed by atoms with E-state index in [9.17, 15) is 22.8 Å². The molecule has 0 N–H and O–H groups in total. The summed E-state index contributed by atoms with van der Waals surface area (Å²) in [6.07, 6.45) is -3.10. The summed E-state index contributed by atoms with van der Waals surface area (Å²) in [5.41, 5.74) is -2.09. The van der Waals surface area contributed by atoms with E-state index in [0.29, 0.717) is 6.29 Å². The van der Waals surface area contributed by atoms with E-state index in [1.165, 1.54) is 0 Å². The Bertz CT molecular complexity index is 849. The van der Waals surface area contributed by atoms with Crippen molar-refractivity contribution in [1.29, 1.82) is 0 Å². The summed E-state index contributed by atoms with van der Waals surface area (Å²) in [6, 6.07) is 0.814. The summed E-state index contributed by atoms with van der Waals surface area (Å²) < 4.78 is 45.0. The summed E-state index contributed by atoms with van der Waals surface area (Å²) in [5, 5.41) is -0.214. The molecule has 2 aromatic rings. The van der Waals surface area contributed by atoms with Gasteiger partial charge in [0.1, 0.15) is 10.5 Å². The van der Waals surface area contributed by atoms with Gasteiger partial charge in [-0.3, -0.25) is 9.78 Å². The van der Waals surface area contributed by atoms with Crippen LogP contribution in [-0.2, 0) is 17.5 Å². The third-order valence-electron chi connectivity index (χ3n) is 3.09. The Hall–Kier alpha value is -2.20. The maximum atomic E-state index is 13.3. The predicted octanol–water partition coefficient (Wildman–Crippen LogP) is 4.96. The zero-order valence-electron chi connectivity index (χ0n) is 14.5. The average Bonchev–Trinajstić information content (AvgIpc) is 2.91. The Labute approximate surface area is 161 Å². The molecule has 0 spiro atoms. The van der Waals surface area contributed by atoms with Crippen molar-refractivity contribution < 1.29 is 27.5 Å². The zero-order chi connectivity index (χ0) is 20.4. The maximum absolute atomic E-state index is 13.3. The number of pyridine rings is 1. The van der Waals surface area contributed by atoms with Crippen LogP contribution in [0.1, 0.15) is 41.6 Å². The SMILES string of the molecule is CC(C)(C)OC(=O)N(Cc1cnccc1C(F)(F)F)c1nc(Cl)c(C=O)s1. The van der Waals surface area contributed by atoms with E-state index in [-0.39, 0.29) is 20.7 Å². The van der Waals surface area contributed by atoms with Gasteiger partial charge in [-0.05, 0) is 26.8 Å². The van der Waals surface area contributed by atoms with E-state index < -0.39 is 30.0 Å². The molecule has 0 aliphatic heterocycles. The molecule has 2 rings (SSSR count). The van der Waals surface area contributed by atoms with Gasteiger partial charge < -0.3 is 4.74 Å². The van der Waals surface area contributed by atoms with Crippen LogP contribution in [-0.4, -0.2) is 27.9 Å². The molecule has 11 heteroatoms. The highest BCUT2D eigenvalue weighted by Crippen LogP contribution is 2.35. The van der Waals surface area contributed by atoms with Crippen molar-refractivity contribution in [2.45, 2.75) is 39.1 Å². The number of nitrogens with zero attached hydrogens (tertiary/aromatic N) is 3. The number of carbonyl (C=O) groups is 2. The largest absolute Gasteiger partial charge is 0.443 e. The first kappa shape index (κ1) is 21.1. The topological polar surface area (TPSA) is 72.4 Å². The van der Waals surface area contributed by atoms with E-state index in [4.69, 9.17) is 16.3 Å². The zero-order valence-corrected chi connectivity index (χ0v) is 16.1. The van der Waals surface area contributed by atoms with Gasteiger partial charge in [-0.1, -0.05) is 22.9 Å². The van der Waals surface area contributed by atoms with Crippen molar-refractivity contribution in [2.75, 3.05) is 4.90 Å². The van der Waals surface area contributed by atoms with Gasteiger partial charge in [-0.15, -0.1) is 0 Å². The van der Waals surface area contributed by atoms with E-state index in [2.05, 4.69) is 9.97 Å². The fourth-order valence-electron chi connectivity index (χ4n) is 2.02. The Morgan fingerprint density at radius 2 is 2.04 bits per heavy atom. The summed E-state index contributed by atoms with van der Waals surface area (Å²) in [6.45, 7) is 4.32. The van der Waals surface area contributed by atoms with Crippen LogP contribution in [0.25, 0.3) is 0 Å². The van der Waals surface area contributed by atoms with Crippen molar-refractivity contribution in [3.05, 3.63) is 39.6 Å². The molecule has 0 atom stereocenters. The third-order valence-corrected chi connectivity index (χ3v) is 4.49. The van der Waals surface area contributed by atoms with Crippen LogP contribution in [0, 0.1) is 0 Å². The lowest BCUT2D eigenvalue weighted by molar-refractivity contribution is -0.138. The number of amides is 1. The van der Waals surface area contributed by atoms with Crippen LogP contribution in [0.4, 0.5) is 23.1 Å². The van der Waals surface area contributed by atoms with Gasteiger partial charge in [0.05, 0.1) is 12.1 Å². The van der Waals surface area contributed by atoms with Crippen LogP contribution in [0.3, 0.4) is 0 Å². The van der Waals surface area contributed by atoms with E-state index in [1.54, 1.807) is 20.8 Å². The number of aromatic nitrogens is 2. The van der Waals surface area contributed by atoms with Crippen molar-refractivity contribution in [3.8, 4) is 0 Å². The molecule has 0 fully saturated rings. The molecule has 0 radical (unpaired) electrons. The smallest absolute Gasteiger partial charge is 0.416 e. The number of aldehydes is 1. The normalized spacial score (nSPS) is 12.0. The highest BCUT2D eigenvalue weighted by Gasteiger charge is 2.35. The molecule has 2 heterocycles. The fraction of sp³-hybridized carbons (Fsp3) is 0.375. The van der Waals surface area contributed by atoms with E-state index in [0.717, 1.165) is 34.7 Å². The summed E-state index contributed by atoms with van der Waals surface area (Å²) in [4.78, 5) is 32.1. The Morgan fingerprint density at radius 1 is 1.37 bits per heavy atom. The lowest BCUT2D eigenvalue weighted by atomic mass is 10.1. The first-order valence-electron chi connectivity index (χ1n) is 7.54. The second-order valence-corrected chi connectivity index (χ2v) is 7.73. The molecule has 0 aromatic carbocycles. The van der Waals surface area contributed by atoms with Crippen LogP contribution in [0.5, 0.6) is 0 Å². The van der Waals surface area contributed by atoms with Crippen molar-refractivity contribution >= 4 is 40.4 Å². The van der Waals surface area contributed by atoms with Gasteiger partial charge in [0.15, 0.2) is 16.6 Å². The molecule has 146 valence electrons. The molecule has 0 saturated carbocycles. The second kappa shape index (κ2) is 7.81. The molecule has 0 aliphatic carbocycles. The van der Waals surface area contributed by atoms with Gasteiger partial charge in [0, 0.05) is 18.0 Å². The van der Waals surface area contributed by atoms with E-state index >= 15 is 0 Å². The second-order valence-electron chi connectivity index (χ2n) is 6.37. The highest BCUT2D eigenvalue weighted by atomic mass is 35.5. The minimum Gasteiger partial charge on any atom is -0.443 e. The minimum atomic E-state index is -4.63. The maximum Gasteiger partial charge on any atom is 0.416 e. The lowest BCUT2D eigenvalue weighted by Gasteiger charge is -2.26. The van der Waals surface area contributed by atoms with Crippen LogP contribution in [0.2, 0.25) is 5.15 Å². The van der Waals surface area contributed by atoms with Gasteiger partial charge in [0.2, 0.25) is 0 Å². The molecule has 2 aromatic heterocycles. The number of alkyl halides is 3. The summed E-state index contributed by atoms with van der Waals surface area (Å²) in [7, 11) is 0. The fourth-order valence-corrected chi connectivity index (χ4v) is 3.07. The Balaban J connectivity index is 2.48. The molecular weight excluding hydrogens is 407 g/mol. The molecule has 0 bridgehead atoms. The van der Waals surface area contributed by atoms with Crippen molar-refractivity contribution in [3.63, 3.8) is 0 Å². The number of carbonyl (C=O) groups excluding carboxylic acids is 2. The molecule has 1 amide bonds. The van der Waals surface area contributed by atoms with Gasteiger partial charge in [-0.2, -0.15) is 13.2 Å². The summed E-state index contributed by atoms with van der Waals surface area (Å²) >= 11 is 6.60. The number of hydrogen-bond donors (Lipinski definition) is 0. The molecular formula is C16H15ClF3N3O3S. The molecule has 0 saturated heterocycles. The molecule has 0 unspecified atom stereocenters. The van der Waals surface area contributed by atoms with Gasteiger partial charge in [0.25, 0.3) is 0 Å². The first-order chi connectivity index (χ1) is 12.4.